The summed E-state index contributed by atoms with van der Waals surface area (Å²) in [6, 6.07) is 4.03. The lowest BCUT2D eigenvalue weighted by Gasteiger charge is -2.31. The summed E-state index contributed by atoms with van der Waals surface area (Å²) in [6.07, 6.45) is 10.0. The van der Waals surface area contributed by atoms with E-state index in [1.54, 1.807) is 33.5 Å². The minimum atomic E-state index is -0.0177. The highest BCUT2D eigenvalue weighted by molar-refractivity contribution is 5.92. The number of methoxy groups -OCH3 is 3. The van der Waals surface area contributed by atoms with Gasteiger partial charge >= 0.3 is 0 Å². The van der Waals surface area contributed by atoms with Crippen LogP contribution in [0.2, 0.25) is 0 Å². The fourth-order valence-electron chi connectivity index (χ4n) is 5.83. The predicted molar refractivity (Wildman–Crippen MR) is 104 cm³/mol. The zero-order chi connectivity index (χ0) is 19.0. The Balaban J connectivity index is 1.42. The third-order valence-electron chi connectivity index (χ3n) is 6.87. The van der Waals surface area contributed by atoms with Crippen LogP contribution in [0.1, 0.15) is 37.7 Å². The molecule has 0 saturated heterocycles. The van der Waals surface area contributed by atoms with Gasteiger partial charge in [0.2, 0.25) is 11.7 Å². The Morgan fingerprint density at radius 1 is 1.00 bits per heavy atom. The van der Waals surface area contributed by atoms with E-state index in [0.29, 0.717) is 29.2 Å². The van der Waals surface area contributed by atoms with Crippen LogP contribution in [-0.4, -0.2) is 33.3 Å². The van der Waals surface area contributed by atoms with Gasteiger partial charge in [0.1, 0.15) is 0 Å². The molecule has 0 aliphatic heterocycles. The van der Waals surface area contributed by atoms with Crippen LogP contribution >= 0.6 is 0 Å². The molecule has 0 spiro atoms. The maximum absolute atomic E-state index is 12.5. The molecule has 5 unspecified atom stereocenters. The number of nitrogens with one attached hydrogen (secondary N) is 1. The number of rotatable bonds is 6. The maximum atomic E-state index is 12.5. The normalized spacial score (nSPS) is 31.1. The minimum absolute atomic E-state index is 0.0177. The van der Waals surface area contributed by atoms with E-state index in [-0.39, 0.29) is 5.91 Å². The van der Waals surface area contributed by atoms with Gasteiger partial charge in [-0.1, -0.05) is 6.42 Å². The second-order valence-electron chi connectivity index (χ2n) is 8.06. The Hall–Kier alpha value is -2.17. The average molecular weight is 371 g/mol. The van der Waals surface area contributed by atoms with Gasteiger partial charge in [0, 0.05) is 12.1 Å². The summed E-state index contributed by atoms with van der Waals surface area (Å²) < 4.78 is 16.1. The smallest absolute Gasteiger partial charge is 0.244 e. The number of carbonyl (C=O) groups excluding carboxylic acids is 1. The Morgan fingerprint density at radius 3 is 2.37 bits per heavy atom. The molecule has 1 amide bonds. The van der Waals surface area contributed by atoms with Crippen LogP contribution in [0.15, 0.2) is 18.2 Å². The SMILES string of the molecule is COc1cc(/C=C/C(=O)NC2CC3CC2C2CCCC32)cc(OC)c1OC. The van der Waals surface area contributed by atoms with Gasteiger partial charge in [-0.3, -0.25) is 4.79 Å². The summed E-state index contributed by atoms with van der Waals surface area (Å²) in [6.45, 7) is 0. The van der Waals surface area contributed by atoms with Gasteiger partial charge < -0.3 is 19.5 Å². The van der Waals surface area contributed by atoms with E-state index in [1.807, 2.05) is 12.1 Å². The van der Waals surface area contributed by atoms with Gasteiger partial charge in [0.05, 0.1) is 21.3 Å². The van der Waals surface area contributed by atoms with Crippen molar-refractivity contribution >= 4 is 12.0 Å². The highest BCUT2D eigenvalue weighted by Gasteiger charge is 2.53. The van der Waals surface area contributed by atoms with Crippen LogP contribution in [0.3, 0.4) is 0 Å². The molecule has 5 heteroatoms. The van der Waals surface area contributed by atoms with Crippen molar-refractivity contribution in [3.05, 3.63) is 23.8 Å². The molecule has 0 aromatic heterocycles. The molecule has 1 aromatic carbocycles. The fraction of sp³-hybridized carbons (Fsp3) is 0.591. The quantitative estimate of drug-likeness (QED) is 0.775. The van der Waals surface area contributed by atoms with Crippen LogP contribution in [0.4, 0.5) is 0 Å². The van der Waals surface area contributed by atoms with E-state index in [9.17, 15) is 4.79 Å². The Morgan fingerprint density at radius 2 is 1.70 bits per heavy atom. The van der Waals surface area contributed by atoms with Crippen LogP contribution < -0.4 is 19.5 Å². The summed E-state index contributed by atoms with van der Waals surface area (Å²) in [5.74, 6) is 5.03. The van der Waals surface area contributed by atoms with Crippen LogP contribution in [0.5, 0.6) is 17.2 Å². The summed E-state index contributed by atoms with van der Waals surface area (Å²) in [5.41, 5.74) is 0.837. The molecular formula is C22H29NO4. The van der Waals surface area contributed by atoms with Gasteiger partial charge in [-0.25, -0.2) is 0 Å². The summed E-state index contributed by atoms with van der Waals surface area (Å²) in [5, 5.41) is 3.26. The largest absolute Gasteiger partial charge is 0.493 e. The number of ether oxygens (including phenoxy) is 3. The highest BCUT2D eigenvalue weighted by Crippen LogP contribution is 2.58. The molecule has 2 bridgehead atoms. The minimum Gasteiger partial charge on any atom is -0.493 e. The van der Waals surface area contributed by atoms with Crippen molar-refractivity contribution in [1.29, 1.82) is 0 Å². The zero-order valence-corrected chi connectivity index (χ0v) is 16.4. The second kappa shape index (κ2) is 7.45. The molecule has 3 aliphatic rings. The molecule has 4 rings (SSSR count). The molecule has 0 heterocycles. The standard InChI is InChI=1S/C22H29NO4/c1-25-19-9-13(10-20(26-2)22(19)27-3)7-8-21(24)23-18-12-14-11-17(18)16-6-4-5-15(14)16/h7-10,14-18H,4-6,11-12H2,1-3H3,(H,23,24)/b8-7+. The predicted octanol–water partition coefficient (Wildman–Crippen LogP) is 3.67. The lowest BCUT2D eigenvalue weighted by molar-refractivity contribution is -0.117. The molecular weight excluding hydrogens is 342 g/mol. The van der Waals surface area contributed by atoms with Gasteiger partial charge in [0.15, 0.2) is 11.5 Å². The lowest BCUT2D eigenvalue weighted by Crippen LogP contribution is -2.41. The number of amides is 1. The summed E-state index contributed by atoms with van der Waals surface area (Å²) >= 11 is 0. The van der Waals surface area contributed by atoms with Gasteiger partial charge in [-0.05, 0) is 73.1 Å². The zero-order valence-electron chi connectivity index (χ0n) is 16.4. The Labute approximate surface area is 161 Å². The topological polar surface area (TPSA) is 56.8 Å². The van der Waals surface area contributed by atoms with Gasteiger partial charge in [0.25, 0.3) is 0 Å². The summed E-state index contributed by atoms with van der Waals surface area (Å²) in [4.78, 5) is 12.5. The monoisotopic (exact) mass is 371 g/mol. The van der Waals surface area contributed by atoms with Crippen molar-refractivity contribution < 1.29 is 19.0 Å². The second-order valence-corrected chi connectivity index (χ2v) is 8.06. The van der Waals surface area contributed by atoms with E-state index < -0.39 is 0 Å². The molecule has 1 aromatic rings. The first-order valence-corrected chi connectivity index (χ1v) is 9.93. The maximum Gasteiger partial charge on any atom is 0.244 e. The van der Waals surface area contributed by atoms with Crippen molar-refractivity contribution in [2.45, 2.75) is 38.1 Å². The van der Waals surface area contributed by atoms with E-state index in [4.69, 9.17) is 14.2 Å². The number of fused-ring (bicyclic) bond motifs is 5. The molecule has 5 nitrogen and oxygen atoms in total. The van der Waals surface area contributed by atoms with Crippen LogP contribution in [-0.2, 0) is 4.79 Å². The molecule has 1 N–H and O–H groups in total. The van der Waals surface area contributed by atoms with E-state index >= 15 is 0 Å². The van der Waals surface area contributed by atoms with Crippen LogP contribution in [0.25, 0.3) is 6.08 Å². The molecule has 3 saturated carbocycles. The molecule has 0 radical (unpaired) electrons. The Kier molecular flexibility index (Phi) is 5.02. The molecule has 5 atom stereocenters. The molecule has 146 valence electrons. The average Bonchev–Trinajstić information content (AvgIpc) is 3.38. The van der Waals surface area contributed by atoms with Crippen molar-refractivity contribution in [3.8, 4) is 17.2 Å². The van der Waals surface area contributed by atoms with Gasteiger partial charge in [-0.15, -0.1) is 0 Å². The van der Waals surface area contributed by atoms with Crippen LogP contribution in [0, 0.1) is 23.7 Å². The van der Waals surface area contributed by atoms with Crippen molar-refractivity contribution in [2.75, 3.05) is 21.3 Å². The number of benzene rings is 1. The van der Waals surface area contributed by atoms with E-state index in [1.165, 1.54) is 25.7 Å². The first-order chi connectivity index (χ1) is 13.1. The lowest BCUT2D eigenvalue weighted by atomic mass is 9.79. The molecule has 3 aliphatic carbocycles. The molecule has 27 heavy (non-hydrogen) atoms. The fourth-order valence-corrected chi connectivity index (χ4v) is 5.83. The third kappa shape index (κ3) is 3.28. The Bertz CT molecular complexity index is 719. The van der Waals surface area contributed by atoms with E-state index in [2.05, 4.69) is 5.32 Å². The first kappa shape index (κ1) is 18.2. The third-order valence-corrected chi connectivity index (χ3v) is 6.87. The number of hydrogen-bond acceptors (Lipinski definition) is 4. The summed E-state index contributed by atoms with van der Waals surface area (Å²) in [7, 11) is 4.75. The first-order valence-electron chi connectivity index (χ1n) is 9.93. The van der Waals surface area contributed by atoms with Gasteiger partial charge in [-0.2, -0.15) is 0 Å². The highest BCUT2D eigenvalue weighted by atomic mass is 16.5. The van der Waals surface area contributed by atoms with E-state index in [0.717, 1.165) is 29.7 Å². The number of hydrogen-bond donors (Lipinski definition) is 1. The molecule has 3 fully saturated rings. The van der Waals surface area contributed by atoms with Crippen molar-refractivity contribution in [1.82, 2.24) is 5.32 Å². The van der Waals surface area contributed by atoms with Crippen molar-refractivity contribution in [2.24, 2.45) is 23.7 Å². The van der Waals surface area contributed by atoms with Crippen molar-refractivity contribution in [3.63, 3.8) is 0 Å². The number of carbonyl (C=O) groups is 1.